The van der Waals surface area contributed by atoms with Gasteiger partial charge in [-0.3, -0.25) is 4.79 Å². The Morgan fingerprint density at radius 1 is 1.21 bits per heavy atom. The number of halogens is 2. The fourth-order valence-corrected chi connectivity index (χ4v) is 3.69. The van der Waals surface area contributed by atoms with Gasteiger partial charge in [0.05, 0.1) is 10.7 Å². The van der Waals surface area contributed by atoms with Crippen molar-refractivity contribution < 1.29 is 9.18 Å². The van der Waals surface area contributed by atoms with Crippen molar-refractivity contribution in [2.24, 2.45) is 0 Å². The van der Waals surface area contributed by atoms with E-state index in [1.807, 2.05) is 19.9 Å². The van der Waals surface area contributed by atoms with Crippen LogP contribution in [0.15, 0.2) is 47.4 Å². The van der Waals surface area contributed by atoms with Crippen LogP contribution in [0.2, 0.25) is 5.02 Å². The maximum absolute atomic E-state index is 12.9. The molecule has 0 aliphatic rings. The zero-order valence-electron chi connectivity index (χ0n) is 15.6. The number of rotatable bonds is 7. The lowest BCUT2D eigenvalue weighted by Crippen LogP contribution is -2.26. The summed E-state index contributed by atoms with van der Waals surface area (Å²) in [5, 5.41) is 7.52. The molecule has 0 bridgehead atoms. The maximum Gasteiger partial charge on any atom is 0.271 e. The van der Waals surface area contributed by atoms with E-state index >= 15 is 0 Å². The predicted molar refractivity (Wildman–Crippen MR) is 110 cm³/mol. The molecule has 0 unspecified atom stereocenters. The van der Waals surface area contributed by atoms with Crippen LogP contribution in [0, 0.1) is 19.7 Å². The average molecular weight is 419 g/mol. The first-order valence-corrected chi connectivity index (χ1v) is 10.2. The number of thioether (sulfide) groups is 1. The minimum absolute atomic E-state index is 0.179. The van der Waals surface area contributed by atoms with E-state index < -0.39 is 0 Å². The molecule has 28 heavy (non-hydrogen) atoms. The second-order valence-corrected chi connectivity index (χ2v) is 7.83. The quantitative estimate of drug-likeness (QED) is 0.450. The molecule has 0 aliphatic carbocycles. The topological polar surface area (TPSA) is 59.8 Å². The van der Waals surface area contributed by atoms with Gasteiger partial charge in [-0.15, -0.1) is 11.8 Å². The van der Waals surface area contributed by atoms with Gasteiger partial charge in [0.1, 0.15) is 11.5 Å². The van der Waals surface area contributed by atoms with E-state index in [1.165, 1.54) is 12.1 Å². The van der Waals surface area contributed by atoms with Gasteiger partial charge >= 0.3 is 0 Å². The SMILES string of the molecule is Cc1cc(C)n(-c2ccc(Cl)c(C(=O)NCCCSc3ccc(F)cc3)n2)n1. The number of aryl methyl sites for hydroxylation is 2. The molecule has 1 aromatic carbocycles. The second-order valence-electron chi connectivity index (χ2n) is 6.25. The molecule has 8 heteroatoms. The highest BCUT2D eigenvalue weighted by atomic mass is 35.5. The molecule has 146 valence electrons. The summed E-state index contributed by atoms with van der Waals surface area (Å²) in [6, 6.07) is 11.7. The van der Waals surface area contributed by atoms with Crippen LogP contribution in [0.5, 0.6) is 0 Å². The van der Waals surface area contributed by atoms with Crippen LogP contribution in [-0.2, 0) is 0 Å². The van der Waals surface area contributed by atoms with E-state index in [0.29, 0.717) is 17.4 Å². The number of hydrogen-bond donors (Lipinski definition) is 1. The fraction of sp³-hybridized carbons (Fsp3) is 0.250. The molecule has 1 N–H and O–H groups in total. The Balaban J connectivity index is 1.56. The molecule has 5 nitrogen and oxygen atoms in total. The third-order valence-corrected chi connectivity index (χ3v) is 5.37. The summed E-state index contributed by atoms with van der Waals surface area (Å²) in [5.41, 5.74) is 1.98. The summed E-state index contributed by atoms with van der Waals surface area (Å²) in [6.45, 7) is 4.32. The standard InChI is InChI=1S/C20H20ClFN4OS/c1-13-12-14(2)26(25-13)18-9-8-17(21)19(24-18)20(27)23-10-3-11-28-16-6-4-15(22)5-7-16/h4-9,12H,3,10-11H2,1-2H3,(H,23,27). The number of aromatic nitrogens is 3. The van der Waals surface area contributed by atoms with Gasteiger partial charge in [0, 0.05) is 17.1 Å². The molecule has 2 heterocycles. The number of pyridine rings is 1. The van der Waals surface area contributed by atoms with Crippen LogP contribution in [0.3, 0.4) is 0 Å². The highest BCUT2D eigenvalue weighted by Gasteiger charge is 2.15. The Morgan fingerprint density at radius 3 is 2.64 bits per heavy atom. The number of hydrogen-bond acceptors (Lipinski definition) is 4. The van der Waals surface area contributed by atoms with Crippen molar-refractivity contribution in [3.63, 3.8) is 0 Å². The van der Waals surface area contributed by atoms with Crippen molar-refractivity contribution in [1.82, 2.24) is 20.1 Å². The average Bonchev–Trinajstić information content (AvgIpc) is 3.01. The zero-order valence-corrected chi connectivity index (χ0v) is 17.1. The number of carbonyl (C=O) groups excluding carboxylic acids is 1. The van der Waals surface area contributed by atoms with Gasteiger partial charge in [-0.2, -0.15) is 5.10 Å². The van der Waals surface area contributed by atoms with Crippen molar-refractivity contribution in [3.05, 3.63) is 70.4 Å². The summed E-state index contributed by atoms with van der Waals surface area (Å²) >= 11 is 7.78. The van der Waals surface area contributed by atoms with Gasteiger partial charge in [-0.1, -0.05) is 11.6 Å². The minimum atomic E-state index is -0.319. The highest BCUT2D eigenvalue weighted by molar-refractivity contribution is 7.99. The smallest absolute Gasteiger partial charge is 0.271 e. The van der Waals surface area contributed by atoms with Crippen molar-refractivity contribution in [2.75, 3.05) is 12.3 Å². The van der Waals surface area contributed by atoms with Gasteiger partial charge in [0.15, 0.2) is 5.82 Å². The van der Waals surface area contributed by atoms with Crippen LogP contribution in [0.4, 0.5) is 4.39 Å². The molecular formula is C20H20ClFN4OS. The fourth-order valence-electron chi connectivity index (χ4n) is 2.65. The van der Waals surface area contributed by atoms with Gasteiger partial charge in [0.25, 0.3) is 5.91 Å². The van der Waals surface area contributed by atoms with Crippen LogP contribution in [0.1, 0.15) is 28.3 Å². The highest BCUT2D eigenvalue weighted by Crippen LogP contribution is 2.19. The van der Waals surface area contributed by atoms with Gasteiger partial charge in [0.2, 0.25) is 0 Å². The Labute approximate surface area is 172 Å². The van der Waals surface area contributed by atoms with Crippen molar-refractivity contribution >= 4 is 29.3 Å². The number of nitrogens with one attached hydrogen (secondary N) is 1. The normalized spacial score (nSPS) is 10.9. The first-order chi connectivity index (χ1) is 13.4. The van der Waals surface area contributed by atoms with Crippen molar-refractivity contribution in [3.8, 4) is 5.82 Å². The van der Waals surface area contributed by atoms with Crippen molar-refractivity contribution in [1.29, 1.82) is 0 Å². The Morgan fingerprint density at radius 2 is 1.96 bits per heavy atom. The van der Waals surface area contributed by atoms with E-state index in [4.69, 9.17) is 11.6 Å². The lowest BCUT2D eigenvalue weighted by Gasteiger charge is -2.09. The lowest BCUT2D eigenvalue weighted by atomic mass is 10.3. The van der Waals surface area contributed by atoms with Crippen LogP contribution < -0.4 is 5.32 Å². The van der Waals surface area contributed by atoms with E-state index in [2.05, 4.69) is 15.4 Å². The molecule has 0 atom stereocenters. The molecule has 3 aromatic rings. The molecule has 0 aliphatic heterocycles. The van der Waals surface area contributed by atoms with Crippen molar-refractivity contribution in [2.45, 2.75) is 25.2 Å². The van der Waals surface area contributed by atoms with E-state index in [1.54, 1.807) is 40.7 Å². The summed E-state index contributed by atoms with van der Waals surface area (Å²) in [6.07, 6.45) is 0.766. The third kappa shape index (κ3) is 5.11. The van der Waals surface area contributed by atoms with Gasteiger partial charge in [-0.05, 0) is 68.5 Å². The molecule has 1 amide bonds. The van der Waals surface area contributed by atoms with E-state index in [0.717, 1.165) is 28.5 Å². The first kappa shape index (κ1) is 20.4. The Kier molecular flexibility index (Phi) is 6.70. The Bertz CT molecular complexity index is 975. The summed E-state index contributed by atoms with van der Waals surface area (Å²) in [5.74, 6) is 0.787. The monoisotopic (exact) mass is 418 g/mol. The molecule has 3 rings (SSSR count). The van der Waals surface area contributed by atoms with Gasteiger partial charge < -0.3 is 5.32 Å². The third-order valence-electron chi connectivity index (χ3n) is 3.96. The summed E-state index contributed by atoms with van der Waals surface area (Å²) < 4.78 is 14.6. The molecule has 0 fully saturated rings. The Hall–Kier alpha value is -2.38. The van der Waals surface area contributed by atoms with Crippen LogP contribution in [-0.4, -0.2) is 33.0 Å². The summed E-state index contributed by atoms with van der Waals surface area (Å²) in [4.78, 5) is 17.9. The predicted octanol–water partition coefficient (Wildman–Crippen LogP) is 4.59. The second kappa shape index (κ2) is 9.21. The summed E-state index contributed by atoms with van der Waals surface area (Å²) in [7, 11) is 0. The van der Waals surface area contributed by atoms with Gasteiger partial charge in [-0.25, -0.2) is 14.1 Å². The molecule has 0 saturated carbocycles. The largest absolute Gasteiger partial charge is 0.351 e. The molecule has 0 saturated heterocycles. The maximum atomic E-state index is 12.9. The zero-order chi connectivity index (χ0) is 20.1. The van der Waals surface area contributed by atoms with Crippen LogP contribution >= 0.6 is 23.4 Å². The first-order valence-electron chi connectivity index (χ1n) is 8.81. The molecule has 2 aromatic heterocycles. The number of carbonyl (C=O) groups is 1. The lowest BCUT2D eigenvalue weighted by molar-refractivity contribution is 0.0949. The number of benzene rings is 1. The molecule has 0 spiro atoms. The van der Waals surface area contributed by atoms with Crippen LogP contribution in [0.25, 0.3) is 5.82 Å². The number of nitrogens with zero attached hydrogens (tertiary/aromatic N) is 3. The molecule has 0 radical (unpaired) electrons. The minimum Gasteiger partial charge on any atom is -0.351 e. The number of amides is 1. The molecular weight excluding hydrogens is 399 g/mol. The van der Waals surface area contributed by atoms with E-state index in [9.17, 15) is 9.18 Å². The van der Waals surface area contributed by atoms with E-state index in [-0.39, 0.29) is 17.4 Å².